The van der Waals surface area contributed by atoms with Gasteiger partial charge in [0.05, 0.1) is 0 Å². The first-order chi connectivity index (χ1) is 9.63. The third-order valence-corrected chi connectivity index (χ3v) is 2.97. The van der Waals surface area contributed by atoms with Gasteiger partial charge in [-0.05, 0) is 38.8 Å². The van der Waals surface area contributed by atoms with Crippen molar-refractivity contribution >= 4 is 11.9 Å². The summed E-state index contributed by atoms with van der Waals surface area (Å²) in [6.45, 7) is 3.68. The summed E-state index contributed by atoms with van der Waals surface area (Å²) >= 11 is 0. The van der Waals surface area contributed by atoms with Crippen LogP contribution in [0, 0.1) is 0 Å². The van der Waals surface area contributed by atoms with Crippen LogP contribution >= 0.6 is 0 Å². The van der Waals surface area contributed by atoms with E-state index in [4.69, 9.17) is 10.2 Å². The zero-order chi connectivity index (χ0) is 15.1. The molecule has 0 atom stereocenters. The second-order valence-corrected chi connectivity index (χ2v) is 4.91. The van der Waals surface area contributed by atoms with Crippen molar-refractivity contribution < 1.29 is 19.8 Å². The smallest absolute Gasteiger partial charge is 0.303 e. The van der Waals surface area contributed by atoms with E-state index in [1.807, 2.05) is 0 Å². The number of carboxylic acid groups (broad SMARTS) is 2. The van der Waals surface area contributed by atoms with Crippen LogP contribution < -0.4 is 10.6 Å². The van der Waals surface area contributed by atoms with Gasteiger partial charge in [0.1, 0.15) is 0 Å². The van der Waals surface area contributed by atoms with Gasteiger partial charge in [-0.1, -0.05) is 12.8 Å². The van der Waals surface area contributed by atoms with Gasteiger partial charge in [-0.25, -0.2) is 0 Å². The molecule has 0 unspecified atom stereocenters. The second kappa shape index (κ2) is 14.3. The molecule has 0 aliphatic heterocycles. The van der Waals surface area contributed by atoms with E-state index < -0.39 is 11.9 Å². The minimum absolute atomic E-state index is 0.267. The summed E-state index contributed by atoms with van der Waals surface area (Å²) in [6, 6.07) is 0. The van der Waals surface area contributed by atoms with Gasteiger partial charge < -0.3 is 20.8 Å². The van der Waals surface area contributed by atoms with Crippen LogP contribution in [-0.2, 0) is 9.59 Å². The van der Waals surface area contributed by atoms with E-state index in [9.17, 15) is 9.59 Å². The van der Waals surface area contributed by atoms with Crippen LogP contribution in [0.3, 0.4) is 0 Å². The van der Waals surface area contributed by atoms with Crippen molar-refractivity contribution in [2.24, 2.45) is 0 Å². The Kier molecular flexibility index (Phi) is 13.5. The van der Waals surface area contributed by atoms with Crippen LogP contribution in [0.25, 0.3) is 0 Å². The van der Waals surface area contributed by atoms with E-state index in [2.05, 4.69) is 10.6 Å². The molecule has 0 rings (SSSR count). The fourth-order valence-electron chi connectivity index (χ4n) is 1.83. The van der Waals surface area contributed by atoms with Crippen molar-refractivity contribution in [2.75, 3.05) is 26.2 Å². The van der Waals surface area contributed by atoms with Gasteiger partial charge in [0, 0.05) is 25.9 Å². The highest BCUT2D eigenvalue weighted by Crippen LogP contribution is 1.99. The lowest BCUT2D eigenvalue weighted by molar-refractivity contribution is -0.138. The Morgan fingerprint density at radius 3 is 1.35 bits per heavy atom. The zero-order valence-electron chi connectivity index (χ0n) is 12.2. The molecule has 20 heavy (non-hydrogen) atoms. The molecule has 0 aromatic carbocycles. The fourth-order valence-corrected chi connectivity index (χ4v) is 1.83. The molecule has 4 N–H and O–H groups in total. The van der Waals surface area contributed by atoms with E-state index in [0.717, 1.165) is 64.7 Å². The molecule has 0 radical (unpaired) electrons. The fraction of sp³-hybridized carbons (Fsp3) is 0.857. The van der Waals surface area contributed by atoms with E-state index in [-0.39, 0.29) is 12.8 Å². The molecule has 0 aliphatic rings. The molecule has 0 heterocycles. The molecular formula is C14H28N2O4. The lowest BCUT2D eigenvalue weighted by Crippen LogP contribution is -2.28. The maximum absolute atomic E-state index is 10.3. The van der Waals surface area contributed by atoms with E-state index in [1.165, 1.54) is 0 Å². The minimum Gasteiger partial charge on any atom is -0.481 e. The summed E-state index contributed by atoms with van der Waals surface area (Å²) < 4.78 is 0. The number of hydrogen-bond donors (Lipinski definition) is 4. The molecule has 0 bridgehead atoms. The monoisotopic (exact) mass is 288 g/mol. The molecule has 0 saturated heterocycles. The van der Waals surface area contributed by atoms with Crippen molar-refractivity contribution in [1.82, 2.24) is 10.6 Å². The SMILES string of the molecule is O=C(O)CCCCCNCCNCCCCCC(=O)O. The molecule has 0 fully saturated rings. The van der Waals surface area contributed by atoms with Crippen molar-refractivity contribution in [1.29, 1.82) is 0 Å². The zero-order valence-corrected chi connectivity index (χ0v) is 12.2. The van der Waals surface area contributed by atoms with Crippen LogP contribution in [0.4, 0.5) is 0 Å². The van der Waals surface area contributed by atoms with Crippen molar-refractivity contribution in [3.63, 3.8) is 0 Å². The maximum atomic E-state index is 10.3. The molecule has 0 spiro atoms. The Labute approximate surface area is 120 Å². The average molecular weight is 288 g/mol. The summed E-state index contributed by atoms with van der Waals surface area (Å²) in [4.78, 5) is 20.6. The normalized spacial score (nSPS) is 10.6. The molecule has 0 aromatic rings. The molecule has 0 saturated carbocycles. The van der Waals surface area contributed by atoms with Crippen molar-refractivity contribution in [2.45, 2.75) is 51.4 Å². The number of carbonyl (C=O) groups is 2. The van der Waals surface area contributed by atoms with Crippen LogP contribution in [0.15, 0.2) is 0 Å². The first kappa shape index (κ1) is 18.9. The lowest BCUT2D eigenvalue weighted by atomic mass is 10.2. The molecular weight excluding hydrogens is 260 g/mol. The maximum Gasteiger partial charge on any atom is 0.303 e. The predicted molar refractivity (Wildman–Crippen MR) is 77.9 cm³/mol. The van der Waals surface area contributed by atoms with Gasteiger partial charge in [-0.15, -0.1) is 0 Å². The third-order valence-electron chi connectivity index (χ3n) is 2.97. The largest absolute Gasteiger partial charge is 0.481 e. The van der Waals surface area contributed by atoms with Crippen molar-refractivity contribution in [3.8, 4) is 0 Å². The van der Waals surface area contributed by atoms with E-state index in [1.54, 1.807) is 0 Å². The van der Waals surface area contributed by atoms with Crippen LogP contribution in [0.2, 0.25) is 0 Å². The van der Waals surface area contributed by atoms with E-state index >= 15 is 0 Å². The van der Waals surface area contributed by atoms with Gasteiger partial charge in [-0.3, -0.25) is 9.59 Å². The van der Waals surface area contributed by atoms with Gasteiger partial charge in [-0.2, -0.15) is 0 Å². The van der Waals surface area contributed by atoms with Gasteiger partial charge >= 0.3 is 11.9 Å². The lowest BCUT2D eigenvalue weighted by Gasteiger charge is -2.06. The number of carboxylic acids is 2. The number of nitrogens with one attached hydrogen (secondary N) is 2. The molecule has 6 nitrogen and oxygen atoms in total. The standard InChI is InChI=1S/C14H28N2O4/c17-13(18)7-3-1-5-9-15-11-12-16-10-6-2-4-8-14(19)20/h15-16H,1-12H2,(H,17,18)(H,19,20). The van der Waals surface area contributed by atoms with Crippen LogP contribution in [-0.4, -0.2) is 48.3 Å². The average Bonchev–Trinajstić information content (AvgIpc) is 2.38. The Bertz CT molecular complexity index is 234. The Balaban J connectivity index is 2.99. The van der Waals surface area contributed by atoms with Crippen molar-refractivity contribution in [3.05, 3.63) is 0 Å². The summed E-state index contributed by atoms with van der Waals surface area (Å²) in [7, 11) is 0. The minimum atomic E-state index is -0.717. The summed E-state index contributed by atoms with van der Waals surface area (Å²) in [5.41, 5.74) is 0. The van der Waals surface area contributed by atoms with Gasteiger partial charge in [0.25, 0.3) is 0 Å². The molecule has 118 valence electrons. The highest BCUT2D eigenvalue weighted by atomic mass is 16.4. The Hall–Kier alpha value is -1.14. The molecule has 0 aliphatic carbocycles. The first-order valence-corrected chi connectivity index (χ1v) is 7.48. The summed E-state index contributed by atoms with van der Waals surface area (Å²) in [5.74, 6) is -1.43. The van der Waals surface area contributed by atoms with Crippen LogP contribution in [0.1, 0.15) is 51.4 Å². The topological polar surface area (TPSA) is 98.7 Å². The van der Waals surface area contributed by atoms with Crippen LogP contribution in [0.5, 0.6) is 0 Å². The van der Waals surface area contributed by atoms with Gasteiger partial charge in [0.15, 0.2) is 0 Å². The molecule has 0 amide bonds. The highest BCUT2D eigenvalue weighted by Gasteiger charge is 1.97. The first-order valence-electron chi connectivity index (χ1n) is 7.48. The highest BCUT2D eigenvalue weighted by molar-refractivity contribution is 5.66. The number of aliphatic carboxylic acids is 2. The quantitative estimate of drug-likeness (QED) is 0.340. The Morgan fingerprint density at radius 2 is 1.00 bits per heavy atom. The van der Waals surface area contributed by atoms with E-state index in [0.29, 0.717) is 0 Å². The number of unbranched alkanes of at least 4 members (excludes halogenated alkanes) is 4. The third kappa shape index (κ3) is 16.9. The molecule has 0 aromatic heterocycles. The predicted octanol–water partition coefficient (Wildman–Crippen LogP) is 1.46. The summed E-state index contributed by atoms with van der Waals surface area (Å²) in [6.07, 6.45) is 5.99. The Morgan fingerprint density at radius 1 is 0.600 bits per heavy atom. The summed E-state index contributed by atoms with van der Waals surface area (Å²) in [5, 5.41) is 23.5. The molecule has 6 heteroatoms. The second-order valence-electron chi connectivity index (χ2n) is 4.91. The van der Waals surface area contributed by atoms with Gasteiger partial charge in [0.2, 0.25) is 0 Å². The number of hydrogen-bond acceptors (Lipinski definition) is 4. The number of rotatable bonds is 15.